The summed E-state index contributed by atoms with van der Waals surface area (Å²) >= 11 is 0. The highest BCUT2D eigenvalue weighted by Gasteiger charge is 2.55. The minimum atomic E-state index is -1.79. The Balaban J connectivity index is 2.31. The Kier molecular flexibility index (Phi) is 6.69. The molecule has 5 atom stereocenters. The lowest BCUT2D eigenvalue weighted by atomic mass is 9.78. The summed E-state index contributed by atoms with van der Waals surface area (Å²) in [6, 6.07) is 8.06. The van der Waals surface area contributed by atoms with Crippen LogP contribution in [0.15, 0.2) is 43.0 Å². The van der Waals surface area contributed by atoms with Crippen LogP contribution < -0.4 is 5.32 Å². The van der Waals surface area contributed by atoms with Crippen molar-refractivity contribution in [1.29, 1.82) is 0 Å². The third-order valence-electron chi connectivity index (χ3n) is 4.25. The van der Waals surface area contributed by atoms with E-state index in [0.717, 1.165) is 5.56 Å². The van der Waals surface area contributed by atoms with Gasteiger partial charge >= 0.3 is 0 Å². The van der Waals surface area contributed by atoms with Gasteiger partial charge in [-0.05, 0) is 5.56 Å². The first-order chi connectivity index (χ1) is 11.9. The molecule has 0 bridgehead atoms. The van der Waals surface area contributed by atoms with E-state index in [-0.39, 0.29) is 13.0 Å². The lowest BCUT2D eigenvalue weighted by Gasteiger charge is -2.49. The second-order valence-electron chi connectivity index (χ2n) is 6.12. The largest absolute Gasteiger partial charge is 0.394 e. The summed E-state index contributed by atoms with van der Waals surface area (Å²) in [6.07, 6.45) is -1.96. The fraction of sp³-hybridized carbons (Fsp3) is 0.500. The number of carbonyl (C=O) groups excluding carboxylic acids is 1. The number of hydrogen-bond acceptors (Lipinski definition) is 6. The van der Waals surface area contributed by atoms with E-state index in [1.54, 1.807) is 12.1 Å². The number of rotatable bonds is 7. The van der Waals surface area contributed by atoms with Gasteiger partial charge in [0.2, 0.25) is 5.91 Å². The van der Waals surface area contributed by atoms with Crippen LogP contribution in [0.4, 0.5) is 0 Å². The lowest BCUT2D eigenvalue weighted by Crippen LogP contribution is -2.71. The maximum absolute atomic E-state index is 11.5. The van der Waals surface area contributed by atoms with Gasteiger partial charge in [0.1, 0.15) is 23.9 Å². The van der Waals surface area contributed by atoms with Crippen LogP contribution in [0.5, 0.6) is 0 Å². The Morgan fingerprint density at radius 3 is 2.68 bits per heavy atom. The van der Waals surface area contributed by atoms with Crippen LogP contribution in [0, 0.1) is 0 Å². The van der Waals surface area contributed by atoms with Crippen LogP contribution in [0.1, 0.15) is 12.5 Å². The summed E-state index contributed by atoms with van der Waals surface area (Å²) in [7, 11) is 0. The van der Waals surface area contributed by atoms with Crippen molar-refractivity contribution in [2.45, 2.75) is 43.5 Å². The normalized spacial score (nSPS) is 32.2. The number of aliphatic hydroxyl groups excluding tert-OH is 2. The molecule has 1 fully saturated rings. The topological polar surface area (TPSA) is 108 Å². The first-order valence-corrected chi connectivity index (χ1v) is 8.12. The van der Waals surface area contributed by atoms with Crippen molar-refractivity contribution >= 4 is 5.91 Å². The molecule has 7 nitrogen and oxygen atoms in total. The Bertz CT molecular complexity index is 580. The number of ether oxygens (including phenoxy) is 2. The van der Waals surface area contributed by atoms with Crippen molar-refractivity contribution in [2.24, 2.45) is 0 Å². The van der Waals surface area contributed by atoms with Gasteiger partial charge in [-0.3, -0.25) is 4.79 Å². The molecule has 0 aliphatic carbocycles. The van der Waals surface area contributed by atoms with Crippen LogP contribution in [-0.4, -0.2) is 64.6 Å². The summed E-state index contributed by atoms with van der Waals surface area (Å²) in [5, 5.41) is 34.2. The zero-order valence-corrected chi connectivity index (χ0v) is 14.2. The summed E-state index contributed by atoms with van der Waals surface area (Å²) in [6.45, 7) is 4.46. The smallest absolute Gasteiger partial charge is 0.217 e. The van der Waals surface area contributed by atoms with Gasteiger partial charge < -0.3 is 30.1 Å². The van der Waals surface area contributed by atoms with Crippen LogP contribution >= 0.6 is 0 Å². The van der Waals surface area contributed by atoms with Gasteiger partial charge in [0.15, 0.2) is 6.29 Å². The average Bonchev–Trinajstić information content (AvgIpc) is 2.59. The highest BCUT2D eigenvalue weighted by Crippen LogP contribution is 2.33. The SMILES string of the molecule is C=CCO[C@H]1O[C@H](CO)[C@](O)(Cc2ccccc2)[C@H](O)[C@@H]1NC(C)=O. The molecule has 1 heterocycles. The molecule has 138 valence electrons. The van der Waals surface area contributed by atoms with E-state index in [2.05, 4.69) is 11.9 Å². The number of nitrogens with one attached hydrogen (secondary N) is 1. The van der Waals surface area contributed by atoms with Gasteiger partial charge in [0.05, 0.1) is 13.2 Å². The predicted molar refractivity (Wildman–Crippen MR) is 90.6 cm³/mol. The zero-order valence-electron chi connectivity index (χ0n) is 14.2. The maximum Gasteiger partial charge on any atom is 0.217 e. The van der Waals surface area contributed by atoms with E-state index in [0.29, 0.717) is 0 Å². The van der Waals surface area contributed by atoms with Crippen LogP contribution in [0.3, 0.4) is 0 Å². The third-order valence-corrected chi connectivity index (χ3v) is 4.25. The van der Waals surface area contributed by atoms with Crippen molar-refractivity contribution in [3.8, 4) is 0 Å². The molecule has 25 heavy (non-hydrogen) atoms. The van der Waals surface area contributed by atoms with Gasteiger partial charge in [-0.25, -0.2) is 0 Å². The fourth-order valence-electron chi connectivity index (χ4n) is 3.04. The van der Waals surface area contributed by atoms with Crippen molar-refractivity contribution in [1.82, 2.24) is 5.32 Å². The molecule has 7 heteroatoms. The highest BCUT2D eigenvalue weighted by molar-refractivity contribution is 5.73. The summed E-state index contributed by atoms with van der Waals surface area (Å²) in [5.41, 5.74) is -1.03. The van der Waals surface area contributed by atoms with E-state index in [9.17, 15) is 20.1 Å². The minimum Gasteiger partial charge on any atom is -0.394 e. The van der Waals surface area contributed by atoms with Crippen LogP contribution in [0.2, 0.25) is 0 Å². The lowest BCUT2D eigenvalue weighted by molar-refractivity contribution is -0.301. The van der Waals surface area contributed by atoms with E-state index in [1.165, 1.54) is 13.0 Å². The summed E-state index contributed by atoms with van der Waals surface area (Å²) < 4.78 is 11.1. The molecule has 0 aromatic heterocycles. The quantitative estimate of drug-likeness (QED) is 0.505. The first kappa shape index (κ1) is 19.6. The molecule has 1 saturated heterocycles. The number of aliphatic hydroxyl groups is 3. The minimum absolute atomic E-state index is 0.0461. The standard InChI is InChI=1S/C18H25NO6/c1-3-9-24-17-15(19-12(2)21)16(22)18(23,14(11-20)25-17)10-13-7-5-4-6-8-13/h3-8,14-17,20,22-23H,1,9-11H2,2H3,(H,19,21)/t14-,15+,16-,17+,18-/m1/s1. The van der Waals surface area contributed by atoms with Crippen molar-refractivity contribution in [3.05, 3.63) is 48.6 Å². The number of carbonyl (C=O) groups is 1. The first-order valence-electron chi connectivity index (χ1n) is 8.12. The maximum atomic E-state index is 11.5. The molecule has 1 amide bonds. The molecule has 0 saturated carbocycles. The summed E-state index contributed by atoms with van der Waals surface area (Å²) in [5.74, 6) is -0.399. The molecule has 0 spiro atoms. The van der Waals surface area contributed by atoms with Crippen molar-refractivity contribution in [3.63, 3.8) is 0 Å². The highest BCUT2D eigenvalue weighted by atomic mass is 16.7. The molecule has 0 unspecified atom stereocenters. The van der Waals surface area contributed by atoms with Crippen molar-refractivity contribution in [2.75, 3.05) is 13.2 Å². The van der Waals surface area contributed by atoms with Gasteiger partial charge in [-0.15, -0.1) is 6.58 Å². The third kappa shape index (κ3) is 4.45. The molecule has 1 aliphatic heterocycles. The zero-order chi connectivity index (χ0) is 18.4. The van der Waals surface area contributed by atoms with Gasteiger partial charge in [0.25, 0.3) is 0 Å². The van der Waals surface area contributed by atoms with Crippen LogP contribution in [-0.2, 0) is 20.7 Å². The molecule has 1 aromatic carbocycles. The summed E-state index contributed by atoms with van der Waals surface area (Å²) in [4.78, 5) is 11.5. The number of hydrogen-bond donors (Lipinski definition) is 4. The van der Waals surface area contributed by atoms with Gasteiger partial charge in [-0.2, -0.15) is 0 Å². The van der Waals surface area contributed by atoms with Crippen LogP contribution in [0.25, 0.3) is 0 Å². The monoisotopic (exact) mass is 351 g/mol. The predicted octanol–water partition coefficient (Wildman–Crippen LogP) is -0.254. The average molecular weight is 351 g/mol. The Hall–Kier alpha value is -1.77. The fourth-order valence-corrected chi connectivity index (χ4v) is 3.04. The Labute approximate surface area is 146 Å². The molecule has 1 aromatic rings. The Morgan fingerprint density at radius 2 is 2.12 bits per heavy atom. The van der Waals surface area contributed by atoms with E-state index in [4.69, 9.17) is 9.47 Å². The molecule has 1 aliphatic rings. The molecule has 2 rings (SSSR count). The van der Waals surface area contributed by atoms with E-state index < -0.39 is 42.7 Å². The van der Waals surface area contributed by atoms with Crippen molar-refractivity contribution < 1.29 is 29.6 Å². The van der Waals surface area contributed by atoms with E-state index >= 15 is 0 Å². The molecular weight excluding hydrogens is 326 g/mol. The molecular formula is C18H25NO6. The van der Waals surface area contributed by atoms with Gasteiger partial charge in [0, 0.05) is 13.3 Å². The molecule has 0 radical (unpaired) electrons. The second kappa shape index (κ2) is 8.55. The van der Waals surface area contributed by atoms with Gasteiger partial charge in [-0.1, -0.05) is 36.4 Å². The number of benzene rings is 1. The molecule has 4 N–H and O–H groups in total. The Morgan fingerprint density at radius 1 is 1.44 bits per heavy atom. The van der Waals surface area contributed by atoms with E-state index in [1.807, 2.05) is 18.2 Å². The number of amides is 1. The second-order valence-corrected chi connectivity index (χ2v) is 6.12.